The number of benzene rings is 2. The number of rotatable bonds is 6. The molecule has 3 unspecified atom stereocenters. The number of hydrogen-bond donors (Lipinski definition) is 3. The maximum absolute atomic E-state index is 12.6. The molecule has 29 heavy (non-hydrogen) atoms. The molecule has 2 aromatic rings. The van der Waals surface area contributed by atoms with Gasteiger partial charge in [0.25, 0.3) is 0 Å². The molecule has 0 spiro atoms. The van der Waals surface area contributed by atoms with Crippen molar-refractivity contribution in [2.45, 2.75) is 43.8 Å². The number of carbonyl (C=O) groups is 2. The van der Waals surface area contributed by atoms with Crippen LogP contribution in [0.5, 0.6) is 0 Å². The monoisotopic (exact) mass is 399 g/mol. The lowest BCUT2D eigenvalue weighted by molar-refractivity contribution is -0.195. The first-order chi connectivity index (χ1) is 14.0. The quantitative estimate of drug-likeness (QED) is 0.628. The number of hydrogen-bond acceptors (Lipinski definition) is 6. The summed E-state index contributed by atoms with van der Waals surface area (Å²) in [5, 5.41) is 23.1. The van der Waals surface area contributed by atoms with Crippen LogP contribution in [0.3, 0.4) is 0 Å². The molecule has 0 saturated carbocycles. The van der Waals surface area contributed by atoms with E-state index >= 15 is 0 Å². The van der Waals surface area contributed by atoms with Gasteiger partial charge < -0.3 is 25.0 Å². The van der Waals surface area contributed by atoms with Crippen molar-refractivity contribution in [1.82, 2.24) is 5.32 Å². The van der Waals surface area contributed by atoms with Gasteiger partial charge in [-0.2, -0.15) is 0 Å². The number of nitrogens with one attached hydrogen (secondary N) is 1. The predicted octanol–water partition coefficient (Wildman–Crippen LogP) is 1.08. The van der Waals surface area contributed by atoms with Gasteiger partial charge in [0, 0.05) is 13.3 Å². The summed E-state index contributed by atoms with van der Waals surface area (Å²) < 4.78 is 11.5. The van der Waals surface area contributed by atoms with Crippen LogP contribution in [0.4, 0.5) is 0 Å². The van der Waals surface area contributed by atoms with Crippen molar-refractivity contribution in [2.75, 3.05) is 6.61 Å². The molecular formula is C22H25NO6. The van der Waals surface area contributed by atoms with Gasteiger partial charge in [-0.25, -0.2) is 4.79 Å². The molecule has 1 amide bonds. The van der Waals surface area contributed by atoms with E-state index in [1.807, 2.05) is 30.3 Å². The minimum atomic E-state index is -1.29. The third kappa shape index (κ3) is 5.20. The largest absolute Gasteiger partial charge is 0.454 e. The molecule has 2 aromatic carbocycles. The van der Waals surface area contributed by atoms with E-state index in [9.17, 15) is 19.8 Å². The first-order valence-corrected chi connectivity index (χ1v) is 9.51. The van der Waals surface area contributed by atoms with Crippen molar-refractivity contribution in [3.05, 3.63) is 71.8 Å². The molecule has 1 aliphatic rings. The van der Waals surface area contributed by atoms with Crippen molar-refractivity contribution in [1.29, 1.82) is 0 Å². The zero-order chi connectivity index (χ0) is 20.8. The lowest BCUT2D eigenvalue weighted by Gasteiger charge is -2.44. The van der Waals surface area contributed by atoms with E-state index in [1.54, 1.807) is 30.3 Å². The Morgan fingerprint density at radius 1 is 1.03 bits per heavy atom. The Labute approximate surface area is 169 Å². The van der Waals surface area contributed by atoms with Gasteiger partial charge in [0.05, 0.1) is 24.3 Å². The van der Waals surface area contributed by atoms with E-state index in [0.29, 0.717) is 12.0 Å². The van der Waals surface area contributed by atoms with Gasteiger partial charge in [-0.15, -0.1) is 0 Å². The number of aliphatic hydroxyl groups is 2. The van der Waals surface area contributed by atoms with E-state index in [2.05, 4.69) is 5.32 Å². The lowest BCUT2D eigenvalue weighted by atomic mass is 9.89. The summed E-state index contributed by atoms with van der Waals surface area (Å²) in [6.07, 6.45) is -3.51. The number of esters is 1. The van der Waals surface area contributed by atoms with Crippen LogP contribution in [-0.4, -0.2) is 59.2 Å². The summed E-state index contributed by atoms with van der Waals surface area (Å²) in [6.45, 7) is 0.902. The summed E-state index contributed by atoms with van der Waals surface area (Å²) in [7, 11) is 0. The van der Waals surface area contributed by atoms with Gasteiger partial charge >= 0.3 is 5.97 Å². The Morgan fingerprint density at radius 3 is 2.24 bits per heavy atom. The Kier molecular flexibility index (Phi) is 6.98. The smallest absolute Gasteiger partial charge is 0.338 e. The Bertz CT molecular complexity index is 813. The summed E-state index contributed by atoms with van der Waals surface area (Å²) in [6, 6.07) is 17.1. The molecule has 1 aliphatic heterocycles. The SMILES string of the molecule is CC(=O)NC1C(Cc2ccccc2)OC(CO)[C@@H](O)[C@@H]1OC(=O)c1ccccc1. The highest BCUT2D eigenvalue weighted by Gasteiger charge is 2.47. The van der Waals surface area contributed by atoms with Crippen molar-refractivity contribution in [2.24, 2.45) is 0 Å². The topological polar surface area (TPSA) is 105 Å². The molecule has 1 fully saturated rings. The number of ether oxygens (including phenoxy) is 2. The average Bonchev–Trinajstić information content (AvgIpc) is 2.73. The van der Waals surface area contributed by atoms with Gasteiger partial charge in [-0.05, 0) is 17.7 Å². The van der Waals surface area contributed by atoms with E-state index < -0.39 is 43.0 Å². The van der Waals surface area contributed by atoms with Gasteiger partial charge in [0.1, 0.15) is 12.2 Å². The zero-order valence-electron chi connectivity index (χ0n) is 16.1. The fraction of sp³-hybridized carbons (Fsp3) is 0.364. The summed E-state index contributed by atoms with van der Waals surface area (Å²) >= 11 is 0. The summed E-state index contributed by atoms with van der Waals surface area (Å²) in [5.74, 6) is -0.964. The molecule has 0 radical (unpaired) electrons. The third-order valence-electron chi connectivity index (χ3n) is 4.90. The van der Waals surface area contributed by atoms with E-state index in [0.717, 1.165) is 5.56 Å². The number of amides is 1. The van der Waals surface area contributed by atoms with Crippen LogP contribution in [0.15, 0.2) is 60.7 Å². The van der Waals surface area contributed by atoms with Crippen LogP contribution in [0, 0.1) is 0 Å². The molecule has 1 heterocycles. The predicted molar refractivity (Wildman–Crippen MR) is 105 cm³/mol. The number of carbonyl (C=O) groups excluding carboxylic acids is 2. The zero-order valence-corrected chi connectivity index (χ0v) is 16.1. The second kappa shape index (κ2) is 9.65. The first kappa shape index (κ1) is 21.0. The fourth-order valence-corrected chi connectivity index (χ4v) is 3.52. The lowest BCUT2D eigenvalue weighted by Crippen LogP contribution is -2.65. The van der Waals surface area contributed by atoms with E-state index in [-0.39, 0.29) is 5.91 Å². The van der Waals surface area contributed by atoms with Crippen molar-refractivity contribution >= 4 is 11.9 Å². The molecule has 5 atom stereocenters. The molecule has 3 N–H and O–H groups in total. The minimum absolute atomic E-state index is 0.327. The van der Waals surface area contributed by atoms with Gasteiger partial charge in [-0.1, -0.05) is 48.5 Å². The van der Waals surface area contributed by atoms with E-state index in [1.165, 1.54) is 6.92 Å². The molecular weight excluding hydrogens is 374 g/mol. The molecule has 0 aromatic heterocycles. The highest BCUT2D eigenvalue weighted by Crippen LogP contribution is 2.27. The molecule has 7 heteroatoms. The molecule has 0 aliphatic carbocycles. The first-order valence-electron chi connectivity index (χ1n) is 9.51. The van der Waals surface area contributed by atoms with Crippen LogP contribution in [0.1, 0.15) is 22.8 Å². The average molecular weight is 399 g/mol. The second-order valence-corrected chi connectivity index (χ2v) is 7.04. The second-order valence-electron chi connectivity index (χ2n) is 7.04. The third-order valence-corrected chi connectivity index (χ3v) is 4.90. The van der Waals surface area contributed by atoms with Crippen molar-refractivity contribution in [3.8, 4) is 0 Å². The molecule has 7 nitrogen and oxygen atoms in total. The maximum Gasteiger partial charge on any atom is 0.338 e. The van der Waals surface area contributed by atoms with Crippen LogP contribution < -0.4 is 5.32 Å². The van der Waals surface area contributed by atoms with Crippen LogP contribution >= 0.6 is 0 Å². The van der Waals surface area contributed by atoms with Crippen LogP contribution in [0.2, 0.25) is 0 Å². The highest BCUT2D eigenvalue weighted by atomic mass is 16.6. The van der Waals surface area contributed by atoms with Crippen molar-refractivity contribution < 1.29 is 29.3 Å². The molecule has 0 bridgehead atoms. The normalized spacial score (nSPS) is 26.5. The highest BCUT2D eigenvalue weighted by molar-refractivity contribution is 5.89. The Morgan fingerprint density at radius 2 is 1.66 bits per heavy atom. The minimum Gasteiger partial charge on any atom is -0.454 e. The molecule has 154 valence electrons. The fourth-order valence-electron chi connectivity index (χ4n) is 3.52. The van der Waals surface area contributed by atoms with Crippen LogP contribution in [0.25, 0.3) is 0 Å². The maximum atomic E-state index is 12.6. The Balaban J connectivity index is 1.88. The summed E-state index contributed by atoms with van der Waals surface area (Å²) in [4.78, 5) is 24.4. The van der Waals surface area contributed by atoms with Crippen molar-refractivity contribution in [3.63, 3.8) is 0 Å². The van der Waals surface area contributed by atoms with Gasteiger partial charge in [-0.3, -0.25) is 4.79 Å². The molecule has 3 rings (SSSR count). The Hall–Kier alpha value is -2.74. The van der Waals surface area contributed by atoms with Gasteiger partial charge in [0.2, 0.25) is 5.91 Å². The standard InChI is InChI=1S/C22H25NO6/c1-14(25)23-19-17(12-15-8-4-2-5-9-15)28-18(13-24)20(26)21(19)29-22(27)16-10-6-3-7-11-16/h2-11,17-21,24,26H,12-13H2,1H3,(H,23,25)/t17?,18?,19?,20-,21-/m1/s1. The van der Waals surface area contributed by atoms with Crippen LogP contribution in [-0.2, 0) is 20.7 Å². The summed E-state index contributed by atoms with van der Waals surface area (Å²) in [5.41, 5.74) is 1.28. The number of aliphatic hydroxyl groups excluding tert-OH is 2. The molecule has 1 saturated heterocycles. The van der Waals surface area contributed by atoms with Gasteiger partial charge in [0.15, 0.2) is 6.10 Å². The van der Waals surface area contributed by atoms with E-state index in [4.69, 9.17) is 9.47 Å².